The van der Waals surface area contributed by atoms with Crippen molar-refractivity contribution in [3.63, 3.8) is 0 Å². The fourth-order valence-electron chi connectivity index (χ4n) is 3.61. The van der Waals surface area contributed by atoms with Crippen molar-refractivity contribution >= 4 is 27.5 Å². The first kappa shape index (κ1) is 18.0. The fraction of sp³-hybridized carbons (Fsp3) is 0.250. The Kier molecular flexibility index (Phi) is 4.42. The molecule has 1 atom stereocenters. The summed E-state index contributed by atoms with van der Waals surface area (Å²) in [5.41, 5.74) is 3.70. The second-order valence-corrected chi connectivity index (χ2v) is 8.17. The Labute approximate surface area is 156 Å². The third-order valence-corrected chi connectivity index (χ3v) is 6.15. The molecule has 0 saturated carbocycles. The Hall–Kier alpha value is -2.41. The first-order valence-corrected chi connectivity index (χ1v) is 9.98. The predicted octanol–water partition coefficient (Wildman–Crippen LogP) is 4.24. The third kappa shape index (κ3) is 3.32. The van der Waals surface area contributed by atoms with E-state index in [1.54, 1.807) is 12.1 Å². The molecule has 0 aliphatic carbocycles. The Bertz CT molecular complexity index is 1050. The minimum Gasteiger partial charge on any atom is -0.340 e. The number of alkyl halides is 3. The van der Waals surface area contributed by atoms with E-state index in [2.05, 4.69) is 4.57 Å². The monoisotopic (exact) mass is 391 g/mol. The van der Waals surface area contributed by atoms with Crippen LogP contribution >= 0.6 is 0 Å². The maximum Gasteiger partial charge on any atom is 0.454 e. The van der Waals surface area contributed by atoms with Gasteiger partial charge in [0.1, 0.15) is 0 Å². The molecular formula is C20H16F3NO2S. The van der Waals surface area contributed by atoms with Crippen LogP contribution in [0.1, 0.15) is 27.2 Å². The summed E-state index contributed by atoms with van der Waals surface area (Å²) < 4.78 is 51.8. The quantitative estimate of drug-likeness (QED) is 0.627. The van der Waals surface area contributed by atoms with E-state index < -0.39 is 22.8 Å². The number of rotatable bonds is 3. The van der Waals surface area contributed by atoms with Crippen LogP contribution in [0.5, 0.6) is 0 Å². The fourth-order valence-corrected chi connectivity index (χ4v) is 4.82. The lowest BCUT2D eigenvalue weighted by Crippen LogP contribution is -2.22. The molecular weight excluding hydrogens is 375 g/mol. The second kappa shape index (κ2) is 6.64. The molecule has 0 radical (unpaired) electrons. The van der Waals surface area contributed by atoms with Crippen LogP contribution in [0.25, 0.3) is 10.9 Å². The number of carbonyl (C=O) groups excluding carboxylic acids is 1. The molecule has 0 bridgehead atoms. The minimum absolute atomic E-state index is 0.360. The highest BCUT2D eigenvalue weighted by atomic mass is 32.2. The van der Waals surface area contributed by atoms with Crippen molar-refractivity contribution in [2.75, 3.05) is 5.75 Å². The minimum atomic E-state index is -4.87. The van der Waals surface area contributed by atoms with Crippen LogP contribution in [0.2, 0.25) is 0 Å². The van der Waals surface area contributed by atoms with Crippen LogP contribution < -0.4 is 0 Å². The molecule has 0 N–H and O–H groups in total. The van der Waals surface area contributed by atoms with Gasteiger partial charge in [-0.3, -0.25) is 9.00 Å². The molecule has 2 heterocycles. The largest absolute Gasteiger partial charge is 0.454 e. The van der Waals surface area contributed by atoms with Gasteiger partial charge < -0.3 is 4.57 Å². The normalized spacial score (nSPS) is 17.1. The van der Waals surface area contributed by atoms with Gasteiger partial charge in [0.25, 0.3) is 5.78 Å². The van der Waals surface area contributed by atoms with E-state index in [4.69, 9.17) is 0 Å². The Morgan fingerprint density at radius 2 is 1.78 bits per heavy atom. The van der Waals surface area contributed by atoms with Gasteiger partial charge in [0.15, 0.2) is 0 Å². The Balaban J connectivity index is 1.70. The maximum atomic E-state index is 12.6. The van der Waals surface area contributed by atoms with E-state index in [-0.39, 0.29) is 5.56 Å². The second-order valence-electron chi connectivity index (χ2n) is 6.59. The summed E-state index contributed by atoms with van der Waals surface area (Å²) in [6, 6.07) is 13.4. The van der Waals surface area contributed by atoms with Crippen LogP contribution in [0.4, 0.5) is 13.2 Å². The molecule has 2 aromatic carbocycles. The number of ketones is 1. The highest BCUT2D eigenvalue weighted by Gasteiger charge is 2.39. The number of nitrogens with zero attached hydrogens (tertiary/aromatic N) is 1. The zero-order valence-corrected chi connectivity index (χ0v) is 15.1. The van der Waals surface area contributed by atoms with Crippen LogP contribution in [0.3, 0.4) is 0 Å². The smallest absolute Gasteiger partial charge is 0.340 e. The third-order valence-electron chi connectivity index (χ3n) is 4.88. The van der Waals surface area contributed by atoms with Gasteiger partial charge in [0.05, 0.1) is 5.75 Å². The number of aromatic nitrogens is 1. The molecule has 140 valence electrons. The summed E-state index contributed by atoms with van der Waals surface area (Å²) in [4.78, 5) is 11.3. The number of benzene rings is 2. The number of fused-ring (bicyclic) bond motifs is 3. The molecule has 0 saturated heterocycles. The van der Waals surface area contributed by atoms with E-state index in [1.807, 2.05) is 24.3 Å². The van der Waals surface area contributed by atoms with Gasteiger partial charge in [-0.25, -0.2) is 0 Å². The van der Waals surface area contributed by atoms with Crippen LogP contribution in [-0.4, -0.2) is 26.5 Å². The molecule has 7 heteroatoms. The first-order valence-electron chi connectivity index (χ1n) is 8.49. The highest BCUT2D eigenvalue weighted by molar-refractivity contribution is 7.84. The van der Waals surface area contributed by atoms with Crippen molar-refractivity contribution in [1.29, 1.82) is 0 Å². The number of hydrogen-bond acceptors (Lipinski definition) is 2. The number of hydrogen-bond donors (Lipinski definition) is 0. The van der Waals surface area contributed by atoms with E-state index in [9.17, 15) is 22.2 Å². The summed E-state index contributed by atoms with van der Waals surface area (Å²) in [6.45, 7) is 0.489. The Morgan fingerprint density at radius 1 is 1.07 bits per heavy atom. The van der Waals surface area contributed by atoms with Crippen molar-refractivity contribution in [2.45, 2.75) is 24.9 Å². The Morgan fingerprint density at radius 3 is 2.48 bits per heavy atom. The highest BCUT2D eigenvalue weighted by Crippen LogP contribution is 2.31. The number of Topliss-reactive ketones (excluding diaryl/α,β-unsaturated/α-hetero) is 1. The zero-order valence-electron chi connectivity index (χ0n) is 14.3. The predicted molar refractivity (Wildman–Crippen MR) is 98.3 cm³/mol. The van der Waals surface area contributed by atoms with Gasteiger partial charge >= 0.3 is 6.18 Å². The molecule has 27 heavy (non-hydrogen) atoms. The lowest BCUT2D eigenvalue weighted by molar-refractivity contribution is -0.0885. The molecule has 1 aromatic heterocycles. The molecule has 1 aliphatic rings. The van der Waals surface area contributed by atoms with Gasteiger partial charge in [0, 0.05) is 45.3 Å². The van der Waals surface area contributed by atoms with Gasteiger partial charge in [-0.1, -0.05) is 42.5 Å². The molecule has 0 amide bonds. The van der Waals surface area contributed by atoms with Gasteiger partial charge in [-0.05, 0) is 23.6 Å². The average Bonchev–Trinajstić information content (AvgIpc) is 2.94. The number of para-hydroxylation sites is 1. The lowest BCUT2D eigenvalue weighted by Gasteiger charge is -2.16. The van der Waals surface area contributed by atoms with Crippen molar-refractivity contribution in [2.24, 2.45) is 0 Å². The van der Waals surface area contributed by atoms with Crippen LogP contribution in [0.15, 0.2) is 48.5 Å². The molecule has 3 nitrogen and oxygen atoms in total. The van der Waals surface area contributed by atoms with Crippen molar-refractivity contribution in [1.82, 2.24) is 4.57 Å². The molecule has 1 unspecified atom stereocenters. The van der Waals surface area contributed by atoms with Crippen LogP contribution in [-0.2, 0) is 29.5 Å². The van der Waals surface area contributed by atoms with E-state index in [0.29, 0.717) is 24.5 Å². The van der Waals surface area contributed by atoms with E-state index in [0.717, 1.165) is 27.7 Å². The lowest BCUT2D eigenvalue weighted by atomic mass is 10.1. The van der Waals surface area contributed by atoms with Crippen molar-refractivity contribution in [3.05, 3.63) is 70.9 Å². The molecule has 3 aromatic rings. The average molecular weight is 391 g/mol. The van der Waals surface area contributed by atoms with Gasteiger partial charge in [0.2, 0.25) is 0 Å². The summed E-state index contributed by atoms with van der Waals surface area (Å²) >= 11 is 0. The SMILES string of the molecule is O=C(c1ccc(Cn2c3c(c4ccccc42)CS(=O)CC3)cc1)C(F)(F)F. The number of carbonyl (C=O) groups is 1. The topological polar surface area (TPSA) is 39.1 Å². The van der Waals surface area contributed by atoms with Crippen molar-refractivity contribution in [3.8, 4) is 0 Å². The van der Waals surface area contributed by atoms with Crippen molar-refractivity contribution < 1.29 is 22.2 Å². The number of halogens is 3. The summed E-state index contributed by atoms with van der Waals surface area (Å²) in [7, 11) is -0.865. The maximum absolute atomic E-state index is 12.6. The molecule has 0 spiro atoms. The first-order chi connectivity index (χ1) is 12.8. The summed E-state index contributed by atoms with van der Waals surface area (Å²) in [6.07, 6.45) is -4.16. The van der Waals surface area contributed by atoms with Gasteiger partial charge in [-0.2, -0.15) is 13.2 Å². The van der Waals surface area contributed by atoms with Crippen LogP contribution in [0, 0.1) is 0 Å². The molecule has 0 fully saturated rings. The molecule has 1 aliphatic heterocycles. The van der Waals surface area contributed by atoms with E-state index in [1.165, 1.54) is 12.1 Å². The summed E-state index contributed by atoms with van der Waals surface area (Å²) in [5.74, 6) is -0.690. The summed E-state index contributed by atoms with van der Waals surface area (Å²) in [5, 5.41) is 1.07. The standard InChI is InChI=1S/C20H16F3NO2S/c21-20(22,23)19(25)14-7-5-13(6-8-14)11-24-17-4-2-1-3-15(17)16-12-27(26)10-9-18(16)24/h1-8H,9-12H2. The zero-order chi connectivity index (χ0) is 19.2. The van der Waals surface area contributed by atoms with E-state index >= 15 is 0 Å². The molecule has 4 rings (SSSR count). The van der Waals surface area contributed by atoms with Gasteiger partial charge in [-0.15, -0.1) is 0 Å².